The summed E-state index contributed by atoms with van der Waals surface area (Å²) in [5, 5.41) is 19.3. The van der Waals surface area contributed by atoms with E-state index in [9.17, 15) is 22.8 Å². The number of carbonyl (C=O) groups is 3. The number of carboxylic acid groups (broad SMARTS) is 1. The van der Waals surface area contributed by atoms with E-state index in [0.29, 0.717) is 38.0 Å². The van der Waals surface area contributed by atoms with E-state index in [4.69, 9.17) is 20.9 Å². The van der Waals surface area contributed by atoms with Crippen molar-refractivity contribution in [3.05, 3.63) is 18.6 Å². The third-order valence-corrected chi connectivity index (χ3v) is 4.40. The number of nitriles is 1. The van der Waals surface area contributed by atoms with E-state index in [2.05, 4.69) is 21.4 Å². The predicted octanol–water partition coefficient (Wildman–Crippen LogP) is 1.10. The fourth-order valence-corrected chi connectivity index (χ4v) is 2.78. The Bertz CT molecular complexity index is 787. The molecule has 1 aliphatic rings. The van der Waals surface area contributed by atoms with Crippen LogP contribution in [-0.4, -0.2) is 69.0 Å². The molecule has 0 saturated carbocycles. The zero-order chi connectivity index (χ0) is 23.5. The van der Waals surface area contributed by atoms with Gasteiger partial charge in [0.05, 0.1) is 12.3 Å². The Kier molecular flexibility index (Phi) is 9.81. The van der Waals surface area contributed by atoms with Gasteiger partial charge in [0.15, 0.2) is 5.54 Å². The SMILES string of the molecule is N#C[C@@H]1CCCN1C(=O)[C@](N)(C=O)CCCCNc1cnccn1.O=C(O)C(F)(F)F. The number of rotatable bonds is 8. The Morgan fingerprint density at radius 3 is 2.58 bits per heavy atom. The first kappa shape index (κ1) is 25.8. The van der Waals surface area contributed by atoms with Crippen LogP contribution in [0.2, 0.25) is 0 Å². The Labute approximate surface area is 176 Å². The van der Waals surface area contributed by atoms with Crippen LogP contribution in [0, 0.1) is 11.3 Å². The first-order chi connectivity index (χ1) is 14.5. The van der Waals surface area contributed by atoms with Gasteiger partial charge in [-0.1, -0.05) is 0 Å². The summed E-state index contributed by atoms with van der Waals surface area (Å²) in [5.74, 6) is -2.52. The van der Waals surface area contributed by atoms with Gasteiger partial charge >= 0.3 is 12.1 Å². The first-order valence-corrected chi connectivity index (χ1v) is 9.31. The highest BCUT2D eigenvalue weighted by atomic mass is 19.4. The van der Waals surface area contributed by atoms with Gasteiger partial charge in [-0.25, -0.2) is 9.78 Å². The molecule has 0 bridgehead atoms. The normalized spacial score (nSPS) is 17.5. The second kappa shape index (κ2) is 11.8. The quantitative estimate of drug-likeness (QED) is 0.303. The number of likely N-dealkylation sites (tertiary alicyclic amines) is 1. The number of nitrogens with one attached hydrogen (secondary N) is 1. The van der Waals surface area contributed by atoms with Gasteiger partial charge < -0.3 is 25.9 Å². The molecule has 0 spiro atoms. The number of nitrogens with two attached hydrogens (primary N) is 1. The minimum absolute atomic E-state index is 0.256. The minimum atomic E-state index is -5.08. The summed E-state index contributed by atoms with van der Waals surface area (Å²) in [4.78, 5) is 42.3. The molecule has 31 heavy (non-hydrogen) atoms. The fourth-order valence-electron chi connectivity index (χ4n) is 2.78. The lowest BCUT2D eigenvalue weighted by Gasteiger charge is -2.29. The van der Waals surface area contributed by atoms with Crippen LogP contribution in [0.1, 0.15) is 32.1 Å². The van der Waals surface area contributed by atoms with E-state index in [1.165, 1.54) is 4.90 Å². The molecule has 0 aliphatic carbocycles. The Morgan fingerprint density at radius 2 is 2.06 bits per heavy atom. The van der Waals surface area contributed by atoms with Gasteiger partial charge in [-0.3, -0.25) is 9.78 Å². The molecule has 1 aromatic heterocycles. The molecular weight excluding hydrogens is 421 g/mol. The van der Waals surface area contributed by atoms with Crippen molar-refractivity contribution in [3.8, 4) is 6.07 Å². The lowest BCUT2D eigenvalue weighted by Crippen LogP contribution is -2.57. The van der Waals surface area contributed by atoms with Crippen LogP contribution >= 0.6 is 0 Å². The smallest absolute Gasteiger partial charge is 0.475 e. The van der Waals surface area contributed by atoms with Gasteiger partial charge in [0.1, 0.15) is 18.1 Å². The van der Waals surface area contributed by atoms with Crippen molar-refractivity contribution in [3.63, 3.8) is 0 Å². The summed E-state index contributed by atoms with van der Waals surface area (Å²) in [6.07, 6.45) is 3.25. The first-order valence-electron chi connectivity index (χ1n) is 9.31. The van der Waals surface area contributed by atoms with Crippen LogP contribution in [0.4, 0.5) is 19.0 Å². The summed E-state index contributed by atoms with van der Waals surface area (Å²) in [5.41, 5.74) is 4.47. The van der Waals surface area contributed by atoms with Crippen molar-refractivity contribution in [2.45, 2.75) is 49.9 Å². The van der Waals surface area contributed by atoms with Gasteiger partial charge in [0.2, 0.25) is 0 Å². The molecule has 2 heterocycles. The number of unbranched alkanes of at least 4 members (excludes halogenated alkanes) is 1. The Hall–Kier alpha value is -3.27. The second-order valence-corrected chi connectivity index (χ2v) is 6.72. The average Bonchev–Trinajstić information content (AvgIpc) is 3.22. The summed E-state index contributed by atoms with van der Waals surface area (Å²) in [6, 6.07) is 1.62. The number of alkyl halides is 3. The highest BCUT2D eigenvalue weighted by Crippen LogP contribution is 2.22. The molecule has 2 atom stereocenters. The number of aldehydes is 1. The third-order valence-electron chi connectivity index (χ3n) is 4.40. The number of amides is 1. The van der Waals surface area contributed by atoms with Crippen molar-refractivity contribution in [1.82, 2.24) is 14.9 Å². The van der Waals surface area contributed by atoms with Gasteiger partial charge in [0, 0.05) is 25.5 Å². The number of carboxylic acids is 1. The standard InChI is InChI=1S/C16H22N6O2.C2HF3O2/c17-10-13-4-3-9-22(13)15(24)16(18,12-23)5-1-2-6-20-14-11-19-7-8-21-14;3-2(4,5)1(6)7/h7-8,11-13H,1-6,9,18H2,(H,20,21);(H,6,7)/t13-,16+;/m0./s1. The summed E-state index contributed by atoms with van der Waals surface area (Å²) in [6.45, 7) is 1.13. The van der Waals surface area contributed by atoms with E-state index in [1.807, 2.05) is 0 Å². The number of aromatic nitrogens is 2. The van der Waals surface area contributed by atoms with Crippen LogP contribution in [-0.2, 0) is 14.4 Å². The van der Waals surface area contributed by atoms with Crippen molar-refractivity contribution in [2.24, 2.45) is 5.73 Å². The van der Waals surface area contributed by atoms with Crippen molar-refractivity contribution < 1.29 is 32.7 Å². The highest BCUT2D eigenvalue weighted by Gasteiger charge is 2.41. The fraction of sp³-hybridized carbons (Fsp3) is 0.556. The van der Waals surface area contributed by atoms with Crippen molar-refractivity contribution in [2.75, 3.05) is 18.4 Å². The molecule has 1 saturated heterocycles. The molecule has 1 aliphatic heterocycles. The van der Waals surface area contributed by atoms with E-state index in [-0.39, 0.29) is 6.42 Å². The highest BCUT2D eigenvalue weighted by molar-refractivity contribution is 6.01. The van der Waals surface area contributed by atoms with Gasteiger partial charge in [-0.15, -0.1) is 0 Å². The van der Waals surface area contributed by atoms with E-state index in [1.54, 1.807) is 18.6 Å². The van der Waals surface area contributed by atoms with Crippen LogP contribution in [0.3, 0.4) is 0 Å². The zero-order valence-corrected chi connectivity index (χ0v) is 16.5. The number of hydrogen-bond donors (Lipinski definition) is 3. The molecule has 4 N–H and O–H groups in total. The molecule has 170 valence electrons. The number of aliphatic carboxylic acids is 1. The third kappa shape index (κ3) is 8.17. The monoisotopic (exact) mass is 444 g/mol. The molecule has 1 amide bonds. The van der Waals surface area contributed by atoms with E-state index < -0.39 is 29.6 Å². The number of halogens is 3. The van der Waals surface area contributed by atoms with Crippen LogP contribution in [0.5, 0.6) is 0 Å². The summed E-state index contributed by atoms with van der Waals surface area (Å²) in [7, 11) is 0. The zero-order valence-electron chi connectivity index (χ0n) is 16.5. The van der Waals surface area contributed by atoms with Crippen LogP contribution in [0.25, 0.3) is 0 Å². The number of anilines is 1. The maximum Gasteiger partial charge on any atom is 0.490 e. The Morgan fingerprint density at radius 1 is 1.39 bits per heavy atom. The lowest BCUT2D eigenvalue weighted by atomic mass is 9.93. The molecule has 13 heteroatoms. The largest absolute Gasteiger partial charge is 0.490 e. The molecule has 1 aromatic rings. The topological polar surface area (TPSA) is 162 Å². The van der Waals surface area contributed by atoms with Crippen LogP contribution in [0.15, 0.2) is 18.6 Å². The molecule has 10 nitrogen and oxygen atoms in total. The molecule has 1 fully saturated rings. The van der Waals surface area contributed by atoms with E-state index >= 15 is 0 Å². The van der Waals surface area contributed by atoms with Crippen molar-refractivity contribution >= 4 is 24.0 Å². The van der Waals surface area contributed by atoms with Gasteiger partial charge in [-0.2, -0.15) is 18.4 Å². The second-order valence-electron chi connectivity index (χ2n) is 6.72. The van der Waals surface area contributed by atoms with Gasteiger partial charge in [-0.05, 0) is 32.1 Å². The summed E-state index contributed by atoms with van der Waals surface area (Å²) < 4.78 is 31.7. The molecule has 0 aromatic carbocycles. The molecule has 0 radical (unpaired) electrons. The average molecular weight is 444 g/mol. The predicted molar refractivity (Wildman–Crippen MR) is 101 cm³/mol. The summed E-state index contributed by atoms with van der Waals surface area (Å²) >= 11 is 0. The number of nitrogens with zero attached hydrogens (tertiary/aromatic N) is 4. The van der Waals surface area contributed by atoms with Gasteiger partial charge in [0.25, 0.3) is 5.91 Å². The molecule has 0 unspecified atom stereocenters. The molecular formula is C18H23F3N6O4. The lowest BCUT2D eigenvalue weighted by molar-refractivity contribution is -0.192. The van der Waals surface area contributed by atoms with Crippen LogP contribution < -0.4 is 11.1 Å². The number of hydrogen-bond acceptors (Lipinski definition) is 8. The van der Waals surface area contributed by atoms with Crippen molar-refractivity contribution in [1.29, 1.82) is 5.26 Å². The number of carbonyl (C=O) groups excluding carboxylic acids is 2. The maximum atomic E-state index is 12.5. The molecule has 2 rings (SSSR count). The maximum absolute atomic E-state index is 12.5. The van der Waals surface area contributed by atoms with E-state index in [0.717, 1.165) is 12.8 Å². The minimum Gasteiger partial charge on any atom is -0.475 e. The Balaban J connectivity index is 0.000000592.